The molecule has 1 aromatic heterocycles. The number of aliphatic hydroxyl groups excluding tert-OH is 1. The van der Waals surface area contributed by atoms with E-state index in [-0.39, 0.29) is 5.41 Å². The number of ether oxygens (including phenoxy) is 1. The summed E-state index contributed by atoms with van der Waals surface area (Å²) in [5.74, 6) is 0.861. The summed E-state index contributed by atoms with van der Waals surface area (Å²) in [7, 11) is 1.69. The van der Waals surface area contributed by atoms with Crippen LogP contribution in [-0.4, -0.2) is 41.8 Å². The van der Waals surface area contributed by atoms with Gasteiger partial charge in [0.05, 0.1) is 12.8 Å². The molecule has 2 aromatic rings. The Kier molecular flexibility index (Phi) is 5.54. The van der Waals surface area contributed by atoms with Gasteiger partial charge < -0.3 is 9.84 Å². The molecule has 24 heavy (non-hydrogen) atoms. The first-order valence-corrected chi connectivity index (χ1v) is 9.48. The van der Waals surface area contributed by atoms with Crippen molar-refractivity contribution in [1.29, 1.82) is 0 Å². The zero-order valence-electron chi connectivity index (χ0n) is 14.5. The molecule has 2 heterocycles. The molecule has 4 nitrogen and oxygen atoms in total. The molecule has 1 aliphatic rings. The Balaban J connectivity index is 1.63. The molecule has 1 fully saturated rings. The first-order valence-electron chi connectivity index (χ1n) is 8.60. The molecule has 0 aliphatic carbocycles. The van der Waals surface area contributed by atoms with E-state index in [0.29, 0.717) is 6.61 Å². The normalized spacial score (nSPS) is 17.8. The largest absolute Gasteiger partial charge is 0.497 e. The van der Waals surface area contributed by atoms with Gasteiger partial charge >= 0.3 is 0 Å². The summed E-state index contributed by atoms with van der Waals surface area (Å²) in [6.45, 7) is 5.48. The lowest BCUT2D eigenvalue weighted by Gasteiger charge is -2.40. The lowest BCUT2D eigenvalue weighted by molar-refractivity contribution is 0.0379. The van der Waals surface area contributed by atoms with Crippen molar-refractivity contribution in [3.05, 3.63) is 35.3 Å². The van der Waals surface area contributed by atoms with Gasteiger partial charge in [0.15, 0.2) is 0 Å². The van der Waals surface area contributed by atoms with Gasteiger partial charge in [0.2, 0.25) is 0 Å². The number of hydrogen-bond acceptors (Lipinski definition) is 5. The summed E-state index contributed by atoms with van der Waals surface area (Å²) < 4.78 is 5.29. The molecule has 1 aromatic carbocycles. The second-order valence-electron chi connectivity index (χ2n) is 6.66. The maximum atomic E-state index is 9.65. The second kappa shape index (κ2) is 7.64. The lowest BCUT2D eigenvalue weighted by Crippen LogP contribution is -2.41. The molecule has 1 saturated heterocycles. The number of methoxy groups -OCH3 is 1. The van der Waals surface area contributed by atoms with Crippen molar-refractivity contribution < 1.29 is 9.84 Å². The van der Waals surface area contributed by atoms with Crippen molar-refractivity contribution in [3.63, 3.8) is 0 Å². The highest BCUT2D eigenvalue weighted by Crippen LogP contribution is 2.35. The number of thiazole rings is 1. The van der Waals surface area contributed by atoms with Gasteiger partial charge in [-0.2, -0.15) is 0 Å². The van der Waals surface area contributed by atoms with Crippen molar-refractivity contribution in [2.75, 3.05) is 26.8 Å². The van der Waals surface area contributed by atoms with Crippen molar-refractivity contribution in [2.24, 2.45) is 5.41 Å². The Morgan fingerprint density at radius 2 is 2.12 bits per heavy atom. The zero-order valence-corrected chi connectivity index (χ0v) is 15.3. The molecule has 0 bridgehead atoms. The molecule has 1 N–H and O–H groups in total. The summed E-state index contributed by atoms with van der Waals surface area (Å²) >= 11 is 1.69. The monoisotopic (exact) mass is 346 g/mol. The topological polar surface area (TPSA) is 45.6 Å². The minimum atomic E-state index is 0.143. The van der Waals surface area contributed by atoms with E-state index in [1.165, 1.54) is 0 Å². The highest BCUT2D eigenvalue weighted by molar-refractivity contribution is 7.13. The van der Waals surface area contributed by atoms with Gasteiger partial charge in [-0.05, 0) is 49.9 Å². The maximum absolute atomic E-state index is 9.65. The van der Waals surface area contributed by atoms with Crippen LogP contribution in [-0.2, 0) is 6.54 Å². The Morgan fingerprint density at radius 1 is 1.33 bits per heavy atom. The average molecular weight is 346 g/mol. The van der Waals surface area contributed by atoms with Gasteiger partial charge in [0, 0.05) is 24.1 Å². The van der Waals surface area contributed by atoms with Crippen LogP contribution in [0, 0.1) is 5.41 Å². The molecule has 0 amide bonds. The van der Waals surface area contributed by atoms with Crippen LogP contribution in [0.4, 0.5) is 0 Å². The summed E-state index contributed by atoms with van der Waals surface area (Å²) in [5, 5.41) is 12.8. The van der Waals surface area contributed by atoms with Crippen LogP contribution in [0.3, 0.4) is 0 Å². The van der Waals surface area contributed by atoms with Gasteiger partial charge in [0.25, 0.3) is 0 Å². The van der Waals surface area contributed by atoms with E-state index in [4.69, 9.17) is 9.72 Å². The van der Waals surface area contributed by atoms with Gasteiger partial charge in [-0.1, -0.05) is 19.1 Å². The Morgan fingerprint density at radius 3 is 2.79 bits per heavy atom. The van der Waals surface area contributed by atoms with Crippen molar-refractivity contribution >= 4 is 11.3 Å². The summed E-state index contributed by atoms with van der Waals surface area (Å²) in [5.41, 5.74) is 2.38. The number of aromatic nitrogens is 1. The van der Waals surface area contributed by atoms with E-state index in [1.807, 2.05) is 18.2 Å². The van der Waals surface area contributed by atoms with Crippen molar-refractivity contribution in [2.45, 2.75) is 32.7 Å². The molecule has 0 atom stereocenters. The number of likely N-dealkylation sites (tertiary alicyclic amines) is 1. The molecule has 0 radical (unpaired) electrons. The molecule has 0 unspecified atom stereocenters. The second-order valence-corrected chi connectivity index (χ2v) is 7.52. The van der Waals surface area contributed by atoms with Crippen LogP contribution < -0.4 is 4.74 Å². The fourth-order valence-corrected chi connectivity index (χ4v) is 4.11. The van der Waals surface area contributed by atoms with E-state index in [0.717, 1.165) is 60.9 Å². The molecule has 0 saturated carbocycles. The van der Waals surface area contributed by atoms with Gasteiger partial charge in [0.1, 0.15) is 10.8 Å². The quantitative estimate of drug-likeness (QED) is 0.864. The van der Waals surface area contributed by atoms with Crippen LogP contribution in [0.1, 0.15) is 31.9 Å². The smallest absolute Gasteiger partial charge is 0.123 e. The fourth-order valence-electron chi connectivity index (χ4n) is 3.31. The van der Waals surface area contributed by atoms with Gasteiger partial charge in [-0.3, -0.25) is 4.90 Å². The number of piperidine rings is 1. The lowest BCUT2D eigenvalue weighted by atomic mass is 9.77. The highest BCUT2D eigenvalue weighted by atomic mass is 32.1. The summed E-state index contributed by atoms with van der Waals surface area (Å²) in [4.78, 5) is 7.25. The number of aliphatic hydroxyl groups is 1. The molecule has 130 valence electrons. The number of nitrogens with zero attached hydrogens (tertiary/aromatic N) is 2. The minimum absolute atomic E-state index is 0.143. The fraction of sp³-hybridized carbons (Fsp3) is 0.526. The molecular formula is C19H26N2O2S. The van der Waals surface area contributed by atoms with Gasteiger partial charge in [-0.25, -0.2) is 4.98 Å². The van der Waals surface area contributed by atoms with Crippen LogP contribution in [0.25, 0.3) is 10.6 Å². The Hall–Kier alpha value is -1.43. The van der Waals surface area contributed by atoms with Crippen LogP contribution >= 0.6 is 11.3 Å². The number of hydrogen-bond donors (Lipinski definition) is 1. The van der Waals surface area contributed by atoms with E-state index < -0.39 is 0 Å². The first kappa shape index (κ1) is 17.4. The van der Waals surface area contributed by atoms with E-state index in [2.05, 4.69) is 23.3 Å². The van der Waals surface area contributed by atoms with E-state index in [1.54, 1.807) is 18.4 Å². The zero-order chi connectivity index (χ0) is 17.0. The Labute approximate surface area is 148 Å². The SMILES string of the molecule is CCC1(CO)CCN(Cc2csc(-c3cccc(OC)c3)n2)CC1. The minimum Gasteiger partial charge on any atom is -0.497 e. The third-order valence-electron chi connectivity index (χ3n) is 5.26. The van der Waals surface area contributed by atoms with Crippen molar-refractivity contribution in [3.8, 4) is 16.3 Å². The number of rotatable bonds is 6. The van der Waals surface area contributed by atoms with Crippen LogP contribution in [0.5, 0.6) is 5.75 Å². The third kappa shape index (κ3) is 3.79. The maximum Gasteiger partial charge on any atom is 0.123 e. The molecule has 3 rings (SSSR count). The van der Waals surface area contributed by atoms with E-state index >= 15 is 0 Å². The predicted octanol–water partition coefficient (Wildman–Crippen LogP) is 3.80. The third-order valence-corrected chi connectivity index (χ3v) is 6.20. The standard InChI is InChI=1S/C19H26N2O2S/c1-3-19(14-22)7-9-21(10-8-19)12-16-13-24-18(20-16)15-5-4-6-17(11-15)23-2/h4-6,11,13,22H,3,7-10,12,14H2,1-2H3. The summed E-state index contributed by atoms with van der Waals surface area (Å²) in [6, 6.07) is 8.05. The predicted molar refractivity (Wildman–Crippen MR) is 98.4 cm³/mol. The molecule has 0 spiro atoms. The van der Waals surface area contributed by atoms with Crippen LogP contribution in [0.15, 0.2) is 29.6 Å². The molecular weight excluding hydrogens is 320 g/mol. The molecule has 5 heteroatoms. The van der Waals surface area contributed by atoms with Gasteiger partial charge in [-0.15, -0.1) is 11.3 Å². The Bertz CT molecular complexity index is 657. The summed E-state index contributed by atoms with van der Waals surface area (Å²) in [6.07, 6.45) is 3.22. The van der Waals surface area contributed by atoms with E-state index in [9.17, 15) is 5.11 Å². The highest BCUT2D eigenvalue weighted by Gasteiger charge is 2.32. The van der Waals surface area contributed by atoms with Crippen LogP contribution in [0.2, 0.25) is 0 Å². The average Bonchev–Trinajstić information content (AvgIpc) is 3.11. The number of benzene rings is 1. The first-order chi connectivity index (χ1) is 11.7. The molecule has 1 aliphatic heterocycles. The van der Waals surface area contributed by atoms with Crippen molar-refractivity contribution in [1.82, 2.24) is 9.88 Å².